The molecule has 9 heavy (non-hydrogen) atoms. The van der Waals surface area contributed by atoms with Crippen LogP contribution in [0, 0.1) is 0 Å². The summed E-state index contributed by atoms with van der Waals surface area (Å²) in [5.74, 6) is 0. The lowest BCUT2D eigenvalue weighted by Crippen LogP contribution is -3.00. The predicted molar refractivity (Wildman–Crippen MR) is 34.5 cm³/mol. The van der Waals surface area contributed by atoms with Crippen LogP contribution in [0.3, 0.4) is 0 Å². The van der Waals surface area contributed by atoms with E-state index in [0.717, 1.165) is 0 Å². The third-order valence-electron chi connectivity index (χ3n) is 1.10. The van der Waals surface area contributed by atoms with E-state index in [1.165, 1.54) is 0 Å². The number of nitrogens with zero attached hydrogens (tertiary/aromatic N) is 2. The van der Waals surface area contributed by atoms with Crippen molar-refractivity contribution in [2.75, 3.05) is 14.1 Å². The second-order valence-electron chi connectivity index (χ2n) is 2.24. The van der Waals surface area contributed by atoms with Gasteiger partial charge >= 0.3 is 5.29 Å². The van der Waals surface area contributed by atoms with Crippen molar-refractivity contribution >= 4 is 16.9 Å². The summed E-state index contributed by atoms with van der Waals surface area (Å²) in [5.41, 5.74) is 0. The largest absolute Gasteiger partial charge is 1.00 e. The SMILES string of the molecule is C[N+]1(C)C=CN=C1Cl.[Cl-]. The van der Waals surface area contributed by atoms with E-state index in [9.17, 15) is 0 Å². The van der Waals surface area contributed by atoms with Gasteiger partial charge < -0.3 is 12.4 Å². The second kappa shape index (κ2) is 2.69. The molecule has 0 fully saturated rings. The van der Waals surface area contributed by atoms with Gasteiger partial charge in [0.15, 0.2) is 0 Å². The molecule has 1 heterocycles. The van der Waals surface area contributed by atoms with Gasteiger partial charge in [-0.25, -0.2) is 4.48 Å². The third kappa shape index (κ3) is 1.68. The van der Waals surface area contributed by atoms with E-state index in [4.69, 9.17) is 11.6 Å². The molecule has 4 heteroatoms. The molecule has 0 unspecified atom stereocenters. The summed E-state index contributed by atoms with van der Waals surface area (Å²) in [7, 11) is 3.94. The average molecular weight is 167 g/mol. The standard InChI is InChI=1S/C5H8ClN2.ClH/c1-8(2)4-3-7-5(8)6;/h3-4H,1-2H3;1H/q+1;/p-1. The first kappa shape index (κ1) is 8.95. The second-order valence-corrected chi connectivity index (χ2v) is 2.57. The molecule has 0 aliphatic carbocycles. The molecule has 1 rings (SSSR count). The molecule has 0 atom stereocenters. The average Bonchev–Trinajstić information content (AvgIpc) is 1.86. The van der Waals surface area contributed by atoms with Crippen molar-refractivity contribution in [1.29, 1.82) is 0 Å². The summed E-state index contributed by atoms with van der Waals surface area (Å²) in [4.78, 5) is 3.86. The number of halogens is 2. The fraction of sp³-hybridized carbons (Fsp3) is 0.400. The molecule has 1 aliphatic heterocycles. The van der Waals surface area contributed by atoms with Crippen LogP contribution in [0.2, 0.25) is 0 Å². The molecular formula is C5H8Cl2N2. The van der Waals surface area contributed by atoms with Crippen LogP contribution in [0.4, 0.5) is 0 Å². The highest BCUT2D eigenvalue weighted by molar-refractivity contribution is 6.62. The van der Waals surface area contributed by atoms with Crippen LogP contribution in [0.15, 0.2) is 17.4 Å². The number of amidine groups is 1. The Morgan fingerprint density at radius 2 is 2.11 bits per heavy atom. The lowest BCUT2D eigenvalue weighted by Gasteiger charge is -2.16. The van der Waals surface area contributed by atoms with Gasteiger partial charge in [0.2, 0.25) is 0 Å². The maximum absolute atomic E-state index is 5.66. The minimum absolute atomic E-state index is 0. The van der Waals surface area contributed by atoms with Crippen molar-refractivity contribution in [3.63, 3.8) is 0 Å². The van der Waals surface area contributed by atoms with E-state index in [1.54, 1.807) is 6.20 Å². The van der Waals surface area contributed by atoms with E-state index in [2.05, 4.69) is 4.99 Å². The maximum Gasteiger partial charge on any atom is 0.304 e. The van der Waals surface area contributed by atoms with Gasteiger partial charge in [-0.05, 0) is 0 Å². The van der Waals surface area contributed by atoms with Crippen LogP contribution in [0.25, 0.3) is 0 Å². The van der Waals surface area contributed by atoms with Crippen LogP contribution >= 0.6 is 11.6 Å². The first-order valence-corrected chi connectivity index (χ1v) is 2.76. The highest BCUT2D eigenvalue weighted by Gasteiger charge is 2.22. The van der Waals surface area contributed by atoms with E-state index < -0.39 is 0 Å². The smallest absolute Gasteiger partial charge is 0.304 e. The van der Waals surface area contributed by atoms with Gasteiger partial charge in [-0.3, -0.25) is 0 Å². The van der Waals surface area contributed by atoms with E-state index in [-0.39, 0.29) is 12.4 Å². The Labute approximate surface area is 65.8 Å². The summed E-state index contributed by atoms with van der Waals surface area (Å²) in [6.07, 6.45) is 3.63. The van der Waals surface area contributed by atoms with Crippen molar-refractivity contribution in [1.82, 2.24) is 0 Å². The van der Waals surface area contributed by atoms with Crippen molar-refractivity contribution in [2.24, 2.45) is 4.99 Å². The summed E-state index contributed by atoms with van der Waals surface area (Å²) in [5, 5.41) is 0.616. The first-order chi connectivity index (χ1) is 3.63. The van der Waals surface area contributed by atoms with Gasteiger partial charge in [0.05, 0.1) is 20.3 Å². The zero-order valence-electron chi connectivity index (χ0n) is 5.31. The van der Waals surface area contributed by atoms with E-state index >= 15 is 0 Å². The Morgan fingerprint density at radius 1 is 1.56 bits per heavy atom. The zero-order chi connectivity index (χ0) is 6.20. The fourth-order valence-corrected chi connectivity index (χ4v) is 0.585. The minimum Gasteiger partial charge on any atom is -1.00 e. The van der Waals surface area contributed by atoms with Crippen LogP contribution in [-0.4, -0.2) is 23.9 Å². The summed E-state index contributed by atoms with van der Waals surface area (Å²) in [6.45, 7) is 0. The Balaban J connectivity index is 0.000000640. The van der Waals surface area contributed by atoms with Crippen molar-refractivity contribution in [2.45, 2.75) is 0 Å². The number of quaternary nitrogens is 1. The number of rotatable bonds is 0. The molecule has 0 aromatic heterocycles. The summed E-state index contributed by atoms with van der Waals surface area (Å²) >= 11 is 5.66. The molecule has 0 radical (unpaired) electrons. The maximum atomic E-state index is 5.66. The molecule has 2 nitrogen and oxygen atoms in total. The number of hydrogen-bond acceptors (Lipinski definition) is 1. The Kier molecular flexibility index (Phi) is 2.67. The van der Waals surface area contributed by atoms with Crippen LogP contribution in [0.1, 0.15) is 0 Å². The molecule has 0 aromatic rings. The first-order valence-electron chi connectivity index (χ1n) is 2.38. The third-order valence-corrected chi connectivity index (χ3v) is 1.63. The van der Waals surface area contributed by atoms with E-state index in [1.807, 2.05) is 20.3 Å². The normalized spacial score (nSPS) is 21.0. The molecule has 1 aliphatic rings. The fourth-order valence-electron chi connectivity index (χ4n) is 0.472. The Hall–Kier alpha value is -0.0500. The molecule has 0 aromatic carbocycles. The lowest BCUT2D eigenvalue weighted by molar-refractivity contribution is -0.736. The Morgan fingerprint density at radius 3 is 2.22 bits per heavy atom. The number of hydrogen-bond donors (Lipinski definition) is 0. The van der Waals surface area contributed by atoms with Gasteiger partial charge in [0.1, 0.15) is 6.20 Å². The predicted octanol–water partition coefficient (Wildman–Crippen LogP) is -1.85. The van der Waals surface area contributed by atoms with E-state index in [0.29, 0.717) is 9.78 Å². The zero-order valence-corrected chi connectivity index (χ0v) is 6.82. The molecule has 0 bridgehead atoms. The monoisotopic (exact) mass is 166 g/mol. The molecule has 0 amide bonds. The van der Waals surface area contributed by atoms with Gasteiger partial charge in [-0.15, -0.1) is 0 Å². The quantitative estimate of drug-likeness (QED) is 0.296. The topological polar surface area (TPSA) is 12.4 Å². The lowest BCUT2D eigenvalue weighted by atomic mass is 10.7. The van der Waals surface area contributed by atoms with Gasteiger partial charge in [-0.1, -0.05) is 0 Å². The molecule has 52 valence electrons. The minimum atomic E-state index is 0. The molecule has 0 saturated carbocycles. The molecular weight excluding hydrogens is 159 g/mol. The Bertz CT molecular complexity index is 160. The molecule has 0 spiro atoms. The van der Waals surface area contributed by atoms with Gasteiger partial charge in [0.25, 0.3) is 0 Å². The number of aliphatic imine (C=N–C) groups is 1. The van der Waals surface area contributed by atoms with Gasteiger partial charge in [0, 0.05) is 11.6 Å². The van der Waals surface area contributed by atoms with Crippen LogP contribution < -0.4 is 12.4 Å². The van der Waals surface area contributed by atoms with Gasteiger partial charge in [-0.2, -0.15) is 4.99 Å². The van der Waals surface area contributed by atoms with Crippen LogP contribution in [0.5, 0.6) is 0 Å². The molecule has 0 saturated heterocycles. The summed E-state index contributed by atoms with van der Waals surface area (Å²) < 4.78 is 0.571. The van der Waals surface area contributed by atoms with Crippen molar-refractivity contribution in [3.05, 3.63) is 12.4 Å². The summed E-state index contributed by atoms with van der Waals surface area (Å²) in [6, 6.07) is 0. The van der Waals surface area contributed by atoms with Crippen molar-refractivity contribution in [3.8, 4) is 0 Å². The highest BCUT2D eigenvalue weighted by atomic mass is 35.5. The van der Waals surface area contributed by atoms with Crippen molar-refractivity contribution < 1.29 is 16.9 Å². The highest BCUT2D eigenvalue weighted by Crippen LogP contribution is 2.11. The molecule has 0 N–H and O–H groups in total. The van der Waals surface area contributed by atoms with Crippen LogP contribution in [-0.2, 0) is 0 Å².